The lowest BCUT2D eigenvalue weighted by Gasteiger charge is -2.20. The number of carbonyl (C=O) groups is 1. The summed E-state index contributed by atoms with van der Waals surface area (Å²) in [5, 5.41) is 3.46. The lowest BCUT2D eigenvalue weighted by Crippen LogP contribution is -2.31. The number of anilines is 1. The summed E-state index contributed by atoms with van der Waals surface area (Å²) in [5.41, 5.74) is 2.05. The van der Waals surface area contributed by atoms with E-state index in [4.69, 9.17) is 11.6 Å². The second-order valence-electron chi connectivity index (χ2n) is 7.80. The molecule has 0 saturated carbocycles. The van der Waals surface area contributed by atoms with Crippen LogP contribution in [-0.2, 0) is 13.0 Å². The minimum absolute atomic E-state index is 0.132. The van der Waals surface area contributed by atoms with Crippen molar-refractivity contribution in [2.75, 3.05) is 4.90 Å². The Labute approximate surface area is 194 Å². The molecule has 7 nitrogen and oxygen atoms in total. The van der Waals surface area contributed by atoms with Gasteiger partial charge in [0.05, 0.1) is 12.2 Å². The number of nitrogens with one attached hydrogen (secondary N) is 1. The number of hydrogen-bond donors (Lipinski definition) is 1. The first-order valence-corrected chi connectivity index (χ1v) is 11.0. The fraction of sp³-hybridized carbons (Fsp3) is 0.250. The van der Waals surface area contributed by atoms with Gasteiger partial charge in [-0.15, -0.1) is 0 Å². The van der Waals surface area contributed by atoms with Gasteiger partial charge in [0.1, 0.15) is 5.82 Å². The first-order chi connectivity index (χ1) is 15.9. The van der Waals surface area contributed by atoms with Crippen LogP contribution in [0.2, 0.25) is 5.02 Å². The number of benzene rings is 2. The molecule has 0 aliphatic heterocycles. The van der Waals surface area contributed by atoms with E-state index in [1.165, 1.54) is 33.7 Å². The molecular weight excluding hydrogens is 445 g/mol. The fourth-order valence-electron chi connectivity index (χ4n) is 3.61. The standard InChI is InChI=1S/C24H23ClFN5O2/c1-3-4-8-20-15(2)27-23-28-24(29-31(23)22(20)33)30(14-16-6-5-7-18(25)13-16)21(32)17-9-11-19(26)12-10-17/h5-7,9-13H,3-4,8,14H2,1-2H3,(H,27,28,29). The van der Waals surface area contributed by atoms with Crippen LogP contribution in [0.5, 0.6) is 0 Å². The summed E-state index contributed by atoms with van der Waals surface area (Å²) in [7, 11) is 0. The Morgan fingerprint density at radius 1 is 1.18 bits per heavy atom. The summed E-state index contributed by atoms with van der Waals surface area (Å²) < 4.78 is 14.7. The van der Waals surface area contributed by atoms with Gasteiger partial charge in [-0.25, -0.2) is 9.37 Å². The Morgan fingerprint density at radius 2 is 1.94 bits per heavy atom. The van der Waals surface area contributed by atoms with Gasteiger partial charge in [-0.2, -0.15) is 9.50 Å². The average molecular weight is 468 g/mol. The molecule has 33 heavy (non-hydrogen) atoms. The molecule has 4 rings (SSSR count). The molecule has 0 atom stereocenters. The van der Waals surface area contributed by atoms with Gasteiger partial charge in [0.25, 0.3) is 17.2 Å². The van der Waals surface area contributed by atoms with Crippen LogP contribution in [0.3, 0.4) is 0 Å². The maximum atomic E-state index is 13.4. The van der Waals surface area contributed by atoms with Gasteiger partial charge in [-0.3, -0.25) is 19.6 Å². The third kappa shape index (κ3) is 4.80. The van der Waals surface area contributed by atoms with Crippen LogP contribution in [0.25, 0.3) is 5.78 Å². The largest absolute Gasteiger partial charge is 0.277 e. The second-order valence-corrected chi connectivity index (χ2v) is 8.23. The van der Waals surface area contributed by atoms with E-state index in [-0.39, 0.29) is 29.4 Å². The smallest absolute Gasteiger partial charge is 0.272 e. The predicted octanol–water partition coefficient (Wildman–Crippen LogP) is 4.71. The fourth-order valence-corrected chi connectivity index (χ4v) is 3.83. The Kier molecular flexibility index (Phi) is 6.55. The molecule has 170 valence electrons. The normalized spacial score (nSPS) is 11.2. The molecule has 0 unspecified atom stereocenters. The van der Waals surface area contributed by atoms with Crippen molar-refractivity contribution in [1.82, 2.24) is 19.6 Å². The number of aryl methyl sites for hydroxylation is 1. The number of nitrogens with zero attached hydrogens (tertiary/aromatic N) is 4. The van der Waals surface area contributed by atoms with E-state index in [2.05, 4.69) is 22.0 Å². The van der Waals surface area contributed by atoms with E-state index in [9.17, 15) is 14.0 Å². The van der Waals surface area contributed by atoms with E-state index < -0.39 is 11.7 Å². The first-order valence-electron chi connectivity index (χ1n) is 10.7. The number of aromatic nitrogens is 4. The van der Waals surface area contributed by atoms with Gasteiger partial charge in [-0.1, -0.05) is 37.1 Å². The van der Waals surface area contributed by atoms with Crippen LogP contribution in [0, 0.1) is 12.7 Å². The molecule has 1 N–H and O–H groups in total. The van der Waals surface area contributed by atoms with Gasteiger partial charge < -0.3 is 0 Å². The maximum Gasteiger partial charge on any atom is 0.277 e. The highest BCUT2D eigenvalue weighted by Crippen LogP contribution is 2.20. The molecule has 0 fully saturated rings. The van der Waals surface area contributed by atoms with Crippen LogP contribution in [0.1, 0.15) is 46.9 Å². The summed E-state index contributed by atoms with van der Waals surface area (Å²) in [6.45, 7) is 3.98. The van der Waals surface area contributed by atoms with Crippen molar-refractivity contribution in [2.24, 2.45) is 0 Å². The highest BCUT2D eigenvalue weighted by atomic mass is 35.5. The number of rotatable bonds is 7. The number of fused-ring (bicyclic) bond motifs is 1. The molecule has 0 saturated heterocycles. The number of halogens is 2. The van der Waals surface area contributed by atoms with Gasteiger partial charge in [-0.05, 0) is 61.7 Å². The minimum atomic E-state index is -0.442. The van der Waals surface area contributed by atoms with Crippen molar-refractivity contribution < 1.29 is 9.18 Å². The van der Waals surface area contributed by atoms with Crippen molar-refractivity contribution in [1.29, 1.82) is 0 Å². The third-order valence-corrected chi connectivity index (χ3v) is 5.62. The molecule has 2 aromatic carbocycles. The molecular formula is C24H23ClFN5O2. The molecule has 0 aliphatic carbocycles. The minimum Gasteiger partial charge on any atom is -0.272 e. The first kappa shape index (κ1) is 22.7. The maximum absolute atomic E-state index is 13.4. The van der Waals surface area contributed by atoms with Crippen molar-refractivity contribution in [2.45, 2.75) is 39.7 Å². The van der Waals surface area contributed by atoms with Crippen LogP contribution >= 0.6 is 11.6 Å². The third-order valence-electron chi connectivity index (χ3n) is 5.39. The van der Waals surface area contributed by atoms with Crippen LogP contribution in [-0.4, -0.2) is 25.5 Å². The molecule has 0 spiro atoms. The van der Waals surface area contributed by atoms with Crippen molar-refractivity contribution in [3.63, 3.8) is 0 Å². The van der Waals surface area contributed by atoms with E-state index in [1.54, 1.807) is 25.1 Å². The zero-order valence-electron chi connectivity index (χ0n) is 18.3. The number of amides is 1. The SMILES string of the molecule is CCCCc1c(C)nc2nc(N(Cc3cccc(Cl)c3)C(=O)c3ccc(F)cc3)[nH]n2c1=O. The van der Waals surface area contributed by atoms with Crippen molar-refractivity contribution in [3.05, 3.63) is 92.1 Å². The van der Waals surface area contributed by atoms with Crippen molar-refractivity contribution >= 4 is 29.2 Å². The monoisotopic (exact) mass is 467 g/mol. The number of carbonyl (C=O) groups excluding carboxylic acids is 1. The van der Waals surface area contributed by atoms with Gasteiger partial charge >= 0.3 is 0 Å². The number of hydrogen-bond acceptors (Lipinski definition) is 4. The van der Waals surface area contributed by atoms with Crippen LogP contribution in [0.15, 0.2) is 53.3 Å². The molecule has 0 bridgehead atoms. The quantitative estimate of drug-likeness (QED) is 0.426. The lowest BCUT2D eigenvalue weighted by molar-refractivity contribution is 0.0983. The lowest BCUT2D eigenvalue weighted by atomic mass is 10.1. The van der Waals surface area contributed by atoms with E-state index in [0.717, 1.165) is 18.4 Å². The van der Waals surface area contributed by atoms with Crippen LogP contribution in [0.4, 0.5) is 10.3 Å². The summed E-state index contributed by atoms with van der Waals surface area (Å²) >= 11 is 6.13. The number of H-pyrrole nitrogens is 1. The summed E-state index contributed by atoms with van der Waals surface area (Å²) in [6, 6.07) is 12.3. The molecule has 2 aromatic heterocycles. The van der Waals surface area contributed by atoms with E-state index in [0.29, 0.717) is 22.7 Å². The number of aromatic amines is 1. The Morgan fingerprint density at radius 3 is 2.64 bits per heavy atom. The highest BCUT2D eigenvalue weighted by molar-refractivity contribution is 6.30. The predicted molar refractivity (Wildman–Crippen MR) is 125 cm³/mol. The Bertz CT molecular complexity index is 1360. The topological polar surface area (TPSA) is 83.4 Å². The second kappa shape index (κ2) is 9.54. The van der Waals surface area contributed by atoms with Gasteiger partial charge in [0.15, 0.2) is 0 Å². The van der Waals surface area contributed by atoms with E-state index >= 15 is 0 Å². The summed E-state index contributed by atoms with van der Waals surface area (Å²) in [6.07, 6.45) is 2.44. The molecule has 9 heteroatoms. The van der Waals surface area contributed by atoms with Crippen LogP contribution < -0.4 is 10.5 Å². The molecule has 4 aromatic rings. The average Bonchev–Trinajstić information content (AvgIpc) is 3.21. The molecule has 0 radical (unpaired) electrons. The van der Waals surface area contributed by atoms with E-state index in [1.807, 2.05) is 6.07 Å². The molecule has 0 aliphatic rings. The zero-order valence-corrected chi connectivity index (χ0v) is 19.1. The molecule has 1 amide bonds. The van der Waals surface area contributed by atoms with Gasteiger partial charge in [0, 0.05) is 16.1 Å². The van der Waals surface area contributed by atoms with Gasteiger partial charge in [0.2, 0.25) is 5.95 Å². The zero-order chi connectivity index (χ0) is 23.5. The summed E-state index contributed by atoms with van der Waals surface area (Å²) in [4.78, 5) is 36.7. The number of unbranched alkanes of at least 4 members (excludes halogenated alkanes) is 1. The highest BCUT2D eigenvalue weighted by Gasteiger charge is 2.23. The molecule has 2 heterocycles. The van der Waals surface area contributed by atoms with Crippen molar-refractivity contribution in [3.8, 4) is 0 Å². The Balaban J connectivity index is 1.80. The summed E-state index contributed by atoms with van der Waals surface area (Å²) in [5.74, 6) is -0.524. The Hall–Kier alpha value is -3.52.